The van der Waals surface area contributed by atoms with Crippen molar-refractivity contribution < 1.29 is 14.3 Å². The Morgan fingerprint density at radius 1 is 1.20 bits per heavy atom. The second-order valence-electron chi connectivity index (χ2n) is 5.80. The second-order valence-corrected chi connectivity index (χ2v) is 6.19. The third-order valence-electron chi connectivity index (χ3n) is 3.98. The van der Waals surface area contributed by atoms with Gasteiger partial charge in [0.25, 0.3) is 5.91 Å². The van der Waals surface area contributed by atoms with E-state index in [4.69, 9.17) is 16.3 Å². The lowest BCUT2D eigenvalue weighted by atomic mass is 9.97. The lowest BCUT2D eigenvalue weighted by Gasteiger charge is -2.18. The highest BCUT2D eigenvalue weighted by atomic mass is 35.5. The van der Waals surface area contributed by atoms with E-state index in [1.807, 2.05) is 24.3 Å². The van der Waals surface area contributed by atoms with E-state index >= 15 is 0 Å². The van der Waals surface area contributed by atoms with Crippen molar-refractivity contribution in [3.8, 4) is 0 Å². The highest BCUT2D eigenvalue weighted by Gasteiger charge is 2.20. The van der Waals surface area contributed by atoms with Gasteiger partial charge in [0.2, 0.25) is 0 Å². The number of hydrogen-bond donors (Lipinski definition) is 1. The number of nitrogens with zero attached hydrogens (tertiary/aromatic N) is 1. The predicted octanol–water partition coefficient (Wildman–Crippen LogP) is 4.43. The van der Waals surface area contributed by atoms with Gasteiger partial charge in [-0.25, -0.2) is 9.78 Å². The van der Waals surface area contributed by atoms with Gasteiger partial charge >= 0.3 is 5.97 Å². The molecule has 1 heterocycles. The van der Waals surface area contributed by atoms with E-state index in [1.165, 1.54) is 25.3 Å². The maximum Gasteiger partial charge on any atom is 0.340 e. The molecule has 0 spiro atoms. The van der Waals surface area contributed by atoms with Crippen LogP contribution in [0, 0.1) is 0 Å². The summed E-state index contributed by atoms with van der Waals surface area (Å²) in [5, 5.41) is 3.12. The van der Waals surface area contributed by atoms with Gasteiger partial charge in [-0.15, -0.1) is 0 Å². The maximum atomic E-state index is 12.4. The summed E-state index contributed by atoms with van der Waals surface area (Å²) in [5.41, 5.74) is 2.03. The zero-order chi connectivity index (χ0) is 18.4. The summed E-state index contributed by atoms with van der Waals surface area (Å²) in [6.07, 6.45) is 1.34. The number of carbonyl (C=O) groups is 2. The average Bonchev–Trinajstić information content (AvgIpc) is 2.61. The summed E-state index contributed by atoms with van der Waals surface area (Å²) in [4.78, 5) is 28.3. The smallest absolute Gasteiger partial charge is 0.340 e. The SMILES string of the molecule is CC[C@@H](C)c1ccccc1NC(=O)[C@@H](C)OC(=O)c1ccc(Cl)nc1. The van der Waals surface area contributed by atoms with Crippen LogP contribution in [0.3, 0.4) is 0 Å². The van der Waals surface area contributed by atoms with Gasteiger partial charge < -0.3 is 10.1 Å². The molecule has 25 heavy (non-hydrogen) atoms. The summed E-state index contributed by atoms with van der Waals surface area (Å²) >= 11 is 5.69. The third kappa shape index (κ3) is 5.03. The van der Waals surface area contributed by atoms with Crippen molar-refractivity contribution in [3.63, 3.8) is 0 Å². The quantitative estimate of drug-likeness (QED) is 0.611. The van der Waals surface area contributed by atoms with Crippen LogP contribution in [0.2, 0.25) is 5.15 Å². The van der Waals surface area contributed by atoms with Crippen LogP contribution in [0.15, 0.2) is 42.6 Å². The molecule has 0 bridgehead atoms. The van der Waals surface area contributed by atoms with Crippen LogP contribution >= 0.6 is 11.6 Å². The fourth-order valence-electron chi connectivity index (χ4n) is 2.27. The number of rotatable bonds is 6. The van der Waals surface area contributed by atoms with Crippen molar-refractivity contribution in [3.05, 3.63) is 58.9 Å². The van der Waals surface area contributed by atoms with Crippen molar-refractivity contribution in [2.75, 3.05) is 5.32 Å². The standard InChI is InChI=1S/C19H21ClN2O3/c1-4-12(2)15-7-5-6-8-16(15)22-18(23)13(3)25-19(24)14-9-10-17(20)21-11-14/h5-13H,4H2,1-3H3,(H,22,23)/t12-,13-/m1/s1. The third-order valence-corrected chi connectivity index (χ3v) is 4.20. The molecule has 0 fully saturated rings. The molecule has 2 rings (SSSR count). The Hall–Kier alpha value is -2.40. The minimum absolute atomic E-state index is 0.240. The number of anilines is 1. The number of ether oxygens (including phenoxy) is 1. The van der Waals surface area contributed by atoms with E-state index in [-0.39, 0.29) is 16.6 Å². The van der Waals surface area contributed by atoms with Crippen LogP contribution in [0.25, 0.3) is 0 Å². The van der Waals surface area contributed by atoms with Gasteiger partial charge in [0.05, 0.1) is 5.56 Å². The van der Waals surface area contributed by atoms with E-state index < -0.39 is 12.1 Å². The van der Waals surface area contributed by atoms with Crippen LogP contribution in [0.5, 0.6) is 0 Å². The Kier molecular flexibility index (Phi) is 6.53. The average molecular weight is 361 g/mol. The first kappa shape index (κ1) is 18.9. The summed E-state index contributed by atoms with van der Waals surface area (Å²) < 4.78 is 5.20. The first-order valence-electron chi connectivity index (χ1n) is 8.14. The van der Waals surface area contributed by atoms with Crippen LogP contribution in [0.1, 0.15) is 49.0 Å². The molecule has 0 aliphatic heterocycles. The highest BCUT2D eigenvalue weighted by molar-refractivity contribution is 6.29. The fraction of sp³-hybridized carbons (Fsp3) is 0.316. The number of para-hydroxylation sites is 1. The van der Waals surface area contributed by atoms with Crippen molar-refractivity contribution in [2.24, 2.45) is 0 Å². The minimum atomic E-state index is -0.937. The van der Waals surface area contributed by atoms with Crippen LogP contribution in [-0.4, -0.2) is 23.0 Å². The largest absolute Gasteiger partial charge is 0.449 e. The molecule has 6 heteroatoms. The number of nitrogens with one attached hydrogen (secondary N) is 1. The number of amides is 1. The van der Waals surface area contributed by atoms with E-state index in [0.717, 1.165) is 17.7 Å². The van der Waals surface area contributed by atoms with Gasteiger partial charge in [0.1, 0.15) is 5.15 Å². The topological polar surface area (TPSA) is 68.3 Å². The molecule has 1 aromatic heterocycles. The van der Waals surface area contributed by atoms with Crippen molar-refractivity contribution in [1.82, 2.24) is 4.98 Å². The summed E-state index contributed by atoms with van der Waals surface area (Å²) in [5.74, 6) is -0.692. The van der Waals surface area contributed by atoms with E-state index in [1.54, 1.807) is 0 Å². The van der Waals surface area contributed by atoms with Crippen LogP contribution in [0.4, 0.5) is 5.69 Å². The maximum absolute atomic E-state index is 12.4. The van der Waals surface area contributed by atoms with Crippen LogP contribution in [-0.2, 0) is 9.53 Å². The Labute approximate surface area is 152 Å². The zero-order valence-corrected chi connectivity index (χ0v) is 15.2. The van der Waals surface area contributed by atoms with E-state index in [2.05, 4.69) is 24.1 Å². The van der Waals surface area contributed by atoms with Crippen molar-refractivity contribution >= 4 is 29.2 Å². The molecule has 1 amide bonds. The van der Waals surface area contributed by atoms with Crippen molar-refractivity contribution in [1.29, 1.82) is 0 Å². The molecule has 0 aliphatic carbocycles. The number of halogens is 1. The Morgan fingerprint density at radius 3 is 2.56 bits per heavy atom. The summed E-state index contributed by atoms with van der Waals surface area (Å²) in [6, 6.07) is 10.6. The molecule has 2 atom stereocenters. The molecule has 132 valence electrons. The van der Waals surface area contributed by atoms with Gasteiger partial charge in [-0.1, -0.05) is 43.6 Å². The Bertz CT molecular complexity index is 747. The molecule has 0 saturated carbocycles. The van der Waals surface area contributed by atoms with Crippen molar-refractivity contribution in [2.45, 2.75) is 39.2 Å². The predicted molar refractivity (Wildman–Crippen MR) is 97.9 cm³/mol. The molecule has 2 aromatic rings. The minimum Gasteiger partial charge on any atom is -0.449 e. The molecule has 1 N–H and O–H groups in total. The van der Waals surface area contributed by atoms with Gasteiger partial charge in [0, 0.05) is 11.9 Å². The number of benzene rings is 1. The van der Waals surface area contributed by atoms with Gasteiger partial charge in [-0.2, -0.15) is 0 Å². The Morgan fingerprint density at radius 2 is 1.92 bits per heavy atom. The first-order valence-corrected chi connectivity index (χ1v) is 8.52. The molecule has 0 radical (unpaired) electrons. The number of pyridine rings is 1. The summed E-state index contributed by atoms with van der Waals surface area (Å²) in [7, 11) is 0. The van der Waals surface area contributed by atoms with Gasteiger partial charge in [-0.05, 0) is 43.0 Å². The fourth-order valence-corrected chi connectivity index (χ4v) is 2.39. The first-order chi connectivity index (χ1) is 11.9. The lowest BCUT2D eigenvalue weighted by molar-refractivity contribution is -0.123. The summed E-state index contributed by atoms with van der Waals surface area (Å²) in [6.45, 7) is 5.72. The monoisotopic (exact) mass is 360 g/mol. The molecule has 0 saturated heterocycles. The van der Waals surface area contributed by atoms with E-state index in [9.17, 15) is 9.59 Å². The van der Waals surface area contributed by atoms with E-state index in [0.29, 0.717) is 5.92 Å². The number of hydrogen-bond acceptors (Lipinski definition) is 4. The number of carbonyl (C=O) groups excluding carboxylic acids is 2. The normalized spacial score (nSPS) is 13.0. The lowest BCUT2D eigenvalue weighted by Crippen LogP contribution is -2.30. The highest BCUT2D eigenvalue weighted by Crippen LogP contribution is 2.26. The molecule has 0 unspecified atom stereocenters. The molecule has 5 nitrogen and oxygen atoms in total. The number of aromatic nitrogens is 1. The van der Waals surface area contributed by atoms with Gasteiger partial charge in [-0.3, -0.25) is 4.79 Å². The molecular weight excluding hydrogens is 340 g/mol. The molecule has 1 aromatic carbocycles. The molecular formula is C19H21ClN2O3. The second kappa shape index (κ2) is 8.62. The number of esters is 1. The zero-order valence-electron chi connectivity index (χ0n) is 14.5. The Balaban J connectivity index is 2.03. The van der Waals surface area contributed by atoms with Crippen LogP contribution < -0.4 is 5.32 Å². The van der Waals surface area contributed by atoms with Gasteiger partial charge in [0.15, 0.2) is 6.10 Å². The molecule has 0 aliphatic rings.